The molecule has 3 heterocycles. The Bertz CT molecular complexity index is 733. The number of amides is 1. The second-order valence-electron chi connectivity index (χ2n) is 6.35. The van der Waals surface area contributed by atoms with Crippen molar-refractivity contribution in [3.05, 3.63) is 30.1 Å². The third kappa shape index (κ3) is 3.53. The first-order valence-electron chi connectivity index (χ1n) is 8.38. The second kappa shape index (κ2) is 7.51. The van der Waals surface area contributed by atoms with E-state index in [0.717, 1.165) is 43.9 Å². The Morgan fingerprint density at radius 1 is 1.24 bits per heavy atom. The number of anilines is 1. The number of hydrogen-bond donors (Lipinski definition) is 1. The highest BCUT2D eigenvalue weighted by atomic mass is 35.5. The lowest BCUT2D eigenvalue weighted by Crippen LogP contribution is -2.44. The van der Waals surface area contributed by atoms with Crippen LogP contribution in [0.5, 0.6) is 0 Å². The van der Waals surface area contributed by atoms with Crippen LogP contribution >= 0.6 is 12.4 Å². The molecule has 1 aromatic heterocycles. The van der Waals surface area contributed by atoms with Gasteiger partial charge in [0.15, 0.2) is 5.82 Å². The average molecular weight is 364 g/mol. The quantitative estimate of drug-likeness (QED) is 0.897. The molecule has 1 aromatic carbocycles. The van der Waals surface area contributed by atoms with Crippen LogP contribution < -0.4 is 10.2 Å². The molecule has 1 amide bonds. The van der Waals surface area contributed by atoms with Crippen molar-refractivity contribution in [3.8, 4) is 11.5 Å². The van der Waals surface area contributed by atoms with Crippen LogP contribution in [0.25, 0.3) is 11.5 Å². The maximum atomic E-state index is 11.8. The zero-order valence-corrected chi connectivity index (χ0v) is 15.0. The number of nitrogens with zero attached hydrogens (tertiary/aromatic N) is 4. The first-order chi connectivity index (χ1) is 11.7. The van der Waals surface area contributed by atoms with Crippen molar-refractivity contribution in [1.82, 2.24) is 20.4 Å². The van der Waals surface area contributed by atoms with Crippen molar-refractivity contribution in [2.45, 2.75) is 18.9 Å². The molecule has 7 nitrogen and oxygen atoms in total. The minimum atomic E-state index is 0. The summed E-state index contributed by atoms with van der Waals surface area (Å²) >= 11 is 0. The van der Waals surface area contributed by atoms with E-state index in [1.165, 1.54) is 0 Å². The van der Waals surface area contributed by atoms with Crippen LogP contribution in [0.2, 0.25) is 0 Å². The predicted molar refractivity (Wildman–Crippen MR) is 96.8 cm³/mol. The van der Waals surface area contributed by atoms with Gasteiger partial charge in [0.2, 0.25) is 5.91 Å². The summed E-state index contributed by atoms with van der Waals surface area (Å²) in [6.07, 6.45) is 1.56. The maximum absolute atomic E-state index is 11.8. The highest BCUT2D eigenvalue weighted by Crippen LogP contribution is 2.26. The third-order valence-corrected chi connectivity index (χ3v) is 4.75. The van der Waals surface area contributed by atoms with Gasteiger partial charge in [-0.25, -0.2) is 0 Å². The molecule has 0 radical (unpaired) electrons. The highest BCUT2D eigenvalue weighted by molar-refractivity contribution is 5.95. The van der Waals surface area contributed by atoms with Crippen molar-refractivity contribution >= 4 is 24.0 Å². The van der Waals surface area contributed by atoms with E-state index in [1.54, 1.807) is 0 Å². The standard InChI is InChI=1S/C17H21N5O2.ClH/c1-21-10-8-18-11-14(21)16-19-17(24-20-16)12-4-6-13(7-5-12)22-9-2-3-15(22)23;/h4-7,14,18H,2-3,8-11H2,1H3;1H. The molecular formula is C17H22ClN5O2. The fraction of sp³-hybridized carbons (Fsp3) is 0.471. The number of halogens is 1. The van der Waals surface area contributed by atoms with Gasteiger partial charge in [-0.3, -0.25) is 9.69 Å². The lowest BCUT2D eigenvalue weighted by Gasteiger charge is -2.30. The van der Waals surface area contributed by atoms with E-state index in [0.29, 0.717) is 18.1 Å². The number of nitrogens with one attached hydrogen (secondary N) is 1. The summed E-state index contributed by atoms with van der Waals surface area (Å²) in [5.74, 6) is 1.41. The molecule has 2 aliphatic heterocycles. The molecule has 1 atom stereocenters. The SMILES string of the molecule is CN1CCNCC1c1noc(-c2ccc(N3CCCC3=O)cc2)n1.Cl. The van der Waals surface area contributed by atoms with Gasteiger partial charge in [0.1, 0.15) is 0 Å². The molecule has 0 aliphatic carbocycles. The van der Waals surface area contributed by atoms with E-state index in [2.05, 4.69) is 27.4 Å². The molecule has 0 spiro atoms. The molecule has 2 saturated heterocycles. The molecule has 8 heteroatoms. The summed E-state index contributed by atoms with van der Waals surface area (Å²) < 4.78 is 5.44. The molecule has 0 bridgehead atoms. The Morgan fingerprint density at radius 2 is 2.04 bits per heavy atom. The van der Waals surface area contributed by atoms with Crippen LogP contribution in [0.1, 0.15) is 24.7 Å². The lowest BCUT2D eigenvalue weighted by molar-refractivity contribution is -0.117. The van der Waals surface area contributed by atoms with Gasteiger partial charge in [0.05, 0.1) is 6.04 Å². The van der Waals surface area contributed by atoms with Crippen molar-refractivity contribution in [2.24, 2.45) is 0 Å². The van der Waals surface area contributed by atoms with Gasteiger partial charge in [0.25, 0.3) is 5.89 Å². The number of carbonyl (C=O) groups excluding carboxylic acids is 1. The van der Waals surface area contributed by atoms with Crippen LogP contribution in [0.15, 0.2) is 28.8 Å². The smallest absolute Gasteiger partial charge is 0.257 e. The summed E-state index contributed by atoms with van der Waals surface area (Å²) in [5, 5.41) is 7.50. The van der Waals surface area contributed by atoms with E-state index < -0.39 is 0 Å². The van der Waals surface area contributed by atoms with Crippen LogP contribution in [0.3, 0.4) is 0 Å². The molecule has 4 rings (SSSR count). The maximum Gasteiger partial charge on any atom is 0.257 e. The molecule has 1 unspecified atom stereocenters. The predicted octanol–water partition coefficient (Wildman–Crippen LogP) is 1.86. The number of piperazine rings is 1. The van der Waals surface area contributed by atoms with Gasteiger partial charge in [-0.2, -0.15) is 4.98 Å². The van der Waals surface area contributed by atoms with E-state index in [-0.39, 0.29) is 24.4 Å². The minimum Gasteiger partial charge on any atom is -0.334 e. The van der Waals surface area contributed by atoms with Crippen LogP contribution in [0.4, 0.5) is 5.69 Å². The summed E-state index contributed by atoms with van der Waals surface area (Å²) in [6, 6.07) is 7.88. The first-order valence-corrected chi connectivity index (χ1v) is 8.38. The number of hydrogen-bond acceptors (Lipinski definition) is 6. The molecule has 134 valence electrons. The summed E-state index contributed by atoms with van der Waals surface area (Å²) in [5.41, 5.74) is 1.80. The number of rotatable bonds is 3. The fourth-order valence-corrected chi connectivity index (χ4v) is 3.29. The molecule has 1 N–H and O–H groups in total. The highest BCUT2D eigenvalue weighted by Gasteiger charge is 2.26. The fourth-order valence-electron chi connectivity index (χ4n) is 3.29. The summed E-state index contributed by atoms with van der Waals surface area (Å²) in [6.45, 7) is 3.57. The van der Waals surface area contributed by atoms with E-state index in [9.17, 15) is 4.79 Å². The first kappa shape index (κ1) is 17.8. The van der Waals surface area contributed by atoms with Gasteiger partial charge in [-0.1, -0.05) is 5.16 Å². The van der Waals surface area contributed by atoms with Crippen LogP contribution in [-0.2, 0) is 4.79 Å². The van der Waals surface area contributed by atoms with Gasteiger partial charge < -0.3 is 14.7 Å². The lowest BCUT2D eigenvalue weighted by atomic mass is 10.2. The van der Waals surface area contributed by atoms with E-state index in [1.807, 2.05) is 29.2 Å². The zero-order chi connectivity index (χ0) is 16.5. The van der Waals surface area contributed by atoms with Crippen LogP contribution in [-0.4, -0.2) is 54.2 Å². The van der Waals surface area contributed by atoms with Gasteiger partial charge >= 0.3 is 0 Å². The summed E-state index contributed by atoms with van der Waals surface area (Å²) in [4.78, 5) is 20.4. The Balaban J connectivity index is 0.00000182. The zero-order valence-electron chi connectivity index (χ0n) is 14.1. The molecule has 2 aliphatic rings. The topological polar surface area (TPSA) is 74.5 Å². The molecule has 2 fully saturated rings. The van der Waals surface area contributed by atoms with Gasteiger partial charge in [-0.15, -0.1) is 12.4 Å². The Kier molecular flexibility index (Phi) is 5.36. The number of benzene rings is 1. The van der Waals surface area contributed by atoms with Crippen molar-refractivity contribution in [2.75, 3.05) is 38.1 Å². The molecular weight excluding hydrogens is 342 g/mol. The van der Waals surface area contributed by atoms with Gasteiger partial charge in [-0.05, 0) is 37.7 Å². The summed E-state index contributed by atoms with van der Waals surface area (Å²) in [7, 11) is 2.07. The minimum absolute atomic E-state index is 0. The molecule has 25 heavy (non-hydrogen) atoms. The van der Waals surface area contributed by atoms with Crippen molar-refractivity contribution < 1.29 is 9.32 Å². The van der Waals surface area contributed by atoms with Gasteiger partial charge in [0, 0.05) is 43.9 Å². The number of carbonyl (C=O) groups is 1. The van der Waals surface area contributed by atoms with E-state index in [4.69, 9.17) is 4.52 Å². The number of aromatic nitrogens is 2. The Labute approximate surface area is 152 Å². The molecule has 0 saturated carbocycles. The second-order valence-corrected chi connectivity index (χ2v) is 6.35. The van der Waals surface area contributed by atoms with Crippen molar-refractivity contribution in [3.63, 3.8) is 0 Å². The molecule has 2 aromatic rings. The van der Waals surface area contributed by atoms with Crippen LogP contribution in [0, 0.1) is 0 Å². The van der Waals surface area contributed by atoms with E-state index >= 15 is 0 Å². The normalized spacial score (nSPS) is 21.4. The third-order valence-electron chi connectivity index (χ3n) is 4.75. The Morgan fingerprint density at radius 3 is 2.72 bits per heavy atom. The number of likely N-dealkylation sites (N-methyl/N-ethyl adjacent to an activating group) is 1. The monoisotopic (exact) mass is 363 g/mol. The Hall–Kier alpha value is -1.96. The van der Waals surface area contributed by atoms with Crippen molar-refractivity contribution in [1.29, 1.82) is 0 Å². The largest absolute Gasteiger partial charge is 0.334 e. The average Bonchev–Trinajstić information content (AvgIpc) is 3.25.